The van der Waals surface area contributed by atoms with Crippen LogP contribution in [0.4, 0.5) is 0 Å². The molecule has 0 aliphatic heterocycles. The average Bonchev–Trinajstić information content (AvgIpc) is 3.10. The number of carboxylic acids is 1. The van der Waals surface area contributed by atoms with Crippen LogP contribution in [0.3, 0.4) is 0 Å². The lowest BCUT2D eigenvalue weighted by Gasteiger charge is -2.62. The molecule has 4 rings (SSSR count). The van der Waals surface area contributed by atoms with Gasteiger partial charge < -0.3 is 20.6 Å². The lowest BCUT2D eigenvalue weighted by Crippen LogP contribution is -2.58. The molecule has 0 aromatic heterocycles. The van der Waals surface area contributed by atoms with Crippen molar-refractivity contribution in [1.29, 1.82) is 0 Å². The Morgan fingerprint density at radius 2 is 1.67 bits per heavy atom. The monoisotopic (exact) mass is 463 g/mol. The van der Waals surface area contributed by atoms with Crippen LogP contribution in [-0.4, -0.2) is 45.9 Å². The summed E-state index contributed by atoms with van der Waals surface area (Å²) in [6, 6.07) is 0. The summed E-state index contributed by atoms with van der Waals surface area (Å²) in [5.41, 5.74) is 0.473. The summed E-state index contributed by atoms with van der Waals surface area (Å²) in [7, 11) is 0. The van der Waals surface area contributed by atoms with Crippen LogP contribution in [0.1, 0.15) is 91.4 Å². The maximum absolute atomic E-state index is 12.2. The molecule has 0 heterocycles. The van der Waals surface area contributed by atoms with E-state index in [0.29, 0.717) is 41.9 Å². The van der Waals surface area contributed by atoms with E-state index in [1.54, 1.807) is 0 Å². The molecule has 0 saturated heterocycles. The van der Waals surface area contributed by atoms with Crippen LogP contribution in [0.2, 0.25) is 0 Å². The highest BCUT2D eigenvalue weighted by atomic mass is 16.4. The van der Waals surface area contributed by atoms with Crippen LogP contribution in [-0.2, 0) is 9.59 Å². The lowest BCUT2D eigenvalue weighted by atomic mass is 9.43. The van der Waals surface area contributed by atoms with Gasteiger partial charge in [0, 0.05) is 13.0 Å². The van der Waals surface area contributed by atoms with Crippen molar-refractivity contribution in [2.75, 3.05) is 6.54 Å². The van der Waals surface area contributed by atoms with Crippen LogP contribution < -0.4 is 5.32 Å². The van der Waals surface area contributed by atoms with E-state index in [9.17, 15) is 19.8 Å². The average molecular weight is 464 g/mol. The highest BCUT2D eigenvalue weighted by molar-refractivity contribution is 5.76. The minimum atomic E-state index is -0.890. The number of hydrogen-bond acceptors (Lipinski definition) is 4. The zero-order valence-electron chi connectivity index (χ0n) is 20.8. The third-order valence-corrected chi connectivity index (χ3v) is 10.9. The predicted octanol–water partition coefficient (Wildman–Crippen LogP) is 3.98. The van der Waals surface area contributed by atoms with Crippen molar-refractivity contribution in [1.82, 2.24) is 5.32 Å². The Bertz CT molecular complexity index is 742. The summed E-state index contributed by atoms with van der Waals surface area (Å²) < 4.78 is 0. The third kappa shape index (κ3) is 4.59. The van der Waals surface area contributed by atoms with Crippen LogP contribution in [0.15, 0.2) is 0 Å². The van der Waals surface area contributed by atoms with Crippen molar-refractivity contribution in [2.24, 2.45) is 46.3 Å². The minimum Gasteiger partial charge on any atom is -0.481 e. The molecular formula is C27H45NO5. The summed E-state index contributed by atoms with van der Waals surface area (Å²) in [6.45, 7) is 7.39. The fourth-order valence-electron chi connectivity index (χ4n) is 9.13. The third-order valence-electron chi connectivity index (χ3n) is 10.9. The van der Waals surface area contributed by atoms with Gasteiger partial charge in [0.2, 0.25) is 5.91 Å². The number of carboxylic acid groups (broad SMARTS) is 1. The highest BCUT2D eigenvalue weighted by Crippen LogP contribution is 2.68. The summed E-state index contributed by atoms with van der Waals surface area (Å²) in [6.07, 6.45) is 9.24. The van der Waals surface area contributed by atoms with Gasteiger partial charge in [0.15, 0.2) is 0 Å². The maximum atomic E-state index is 12.2. The fourth-order valence-corrected chi connectivity index (χ4v) is 9.13. The zero-order valence-corrected chi connectivity index (χ0v) is 20.8. The second-order valence-electron chi connectivity index (χ2n) is 12.5. The van der Waals surface area contributed by atoms with E-state index in [4.69, 9.17) is 5.11 Å². The standard InChI is InChI=1S/C27H45NO5/c1-16(4-7-23(31)28-13-10-24(32)33)19-5-6-20-25-21(9-12-27(19,20)3)26(2)11-8-18(29)14-17(26)15-22(25)30/h16-22,25,29-30H,4-15H2,1-3H3,(H,28,31)(H,32,33)/t16-,17+,18-,19-,20+,21+,22+,25+,26+,27-/m1/s1. The minimum absolute atomic E-state index is 0.0344. The van der Waals surface area contributed by atoms with E-state index in [0.717, 1.165) is 32.1 Å². The summed E-state index contributed by atoms with van der Waals surface area (Å²) in [5.74, 6) is 2.00. The van der Waals surface area contributed by atoms with Gasteiger partial charge in [-0.1, -0.05) is 20.8 Å². The molecule has 0 radical (unpaired) electrons. The van der Waals surface area contributed by atoms with Crippen molar-refractivity contribution >= 4 is 11.9 Å². The molecule has 0 bridgehead atoms. The Kier molecular flexibility index (Phi) is 7.18. The van der Waals surface area contributed by atoms with E-state index >= 15 is 0 Å². The zero-order chi connectivity index (χ0) is 24.0. The van der Waals surface area contributed by atoms with Crippen LogP contribution in [0, 0.1) is 46.3 Å². The van der Waals surface area contributed by atoms with Crippen molar-refractivity contribution < 1.29 is 24.9 Å². The highest BCUT2D eigenvalue weighted by Gasteiger charge is 2.62. The molecule has 4 fully saturated rings. The quantitative estimate of drug-likeness (QED) is 0.457. The number of hydrogen-bond donors (Lipinski definition) is 4. The van der Waals surface area contributed by atoms with E-state index in [-0.39, 0.29) is 41.9 Å². The van der Waals surface area contributed by atoms with E-state index < -0.39 is 5.97 Å². The Hall–Kier alpha value is -1.14. The maximum Gasteiger partial charge on any atom is 0.305 e. The smallest absolute Gasteiger partial charge is 0.305 e. The first-order chi connectivity index (χ1) is 15.6. The largest absolute Gasteiger partial charge is 0.481 e. The number of aliphatic hydroxyl groups is 2. The molecule has 6 heteroatoms. The Balaban J connectivity index is 1.40. The topological polar surface area (TPSA) is 107 Å². The number of aliphatic carboxylic acids is 1. The molecule has 6 nitrogen and oxygen atoms in total. The van der Waals surface area contributed by atoms with Crippen molar-refractivity contribution in [3.05, 3.63) is 0 Å². The molecule has 188 valence electrons. The molecule has 4 N–H and O–H groups in total. The van der Waals surface area contributed by atoms with E-state index in [1.165, 1.54) is 25.7 Å². The number of nitrogens with one attached hydrogen (secondary N) is 1. The second-order valence-corrected chi connectivity index (χ2v) is 12.5. The van der Waals surface area contributed by atoms with E-state index in [1.807, 2.05) is 0 Å². The Morgan fingerprint density at radius 1 is 0.970 bits per heavy atom. The van der Waals surface area contributed by atoms with Gasteiger partial charge in [-0.3, -0.25) is 9.59 Å². The van der Waals surface area contributed by atoms with Gasteiger partial charge in [0.05, 0.1) is 18.6 Å². The van der Waals surface area contributed by atoms with Gasteiger partial charge >= 0.3 is 5.97 Å². The molecule has 0 unspecified atom stereocenters. The number of carbonyl (C=O) groups excluding carboxylic acids is 1. The molecule has 33 heavy (non-hydrogen) atoms. The van der Waals surface area contributed by atoms with Gasteiger partial charge in [-0.25, -0.2) is 0 Å². The lowest BCUT2D eigenvalue weighted by molar-refractivity contribution is -0.174. The molecule has 4 aliphatic carbocycles. The fraction of sp³-hybridized carbons (Fsp3) is 0.926. The van der Waals surface area contributed by atoms with Gasteiger partial charge in [-0.05, 0) is 104 Å². The molecule has 10 atom stereocenters. The number of aliphatic hydroxyl groups excluding tert-OH is 2. The molecular weight excluding hydrogens is 418 g/mol. The predicted molar refractivity (Wildman–Crippen MR) is 126 cm³/mol. The number of rotatable bonds is 7. The van der Waals surface area contributed by atoms with Gasteiger partial charge in [-0.2, -0.15) is 0 Å². The van der Waals surface area contributed by atoms with Crippen LogP contribution >= 0.6 is 0 Å². The first kappa shape index (κ1) is 25.0. The molecule has 4 aliphatic rings. The first-order valence-corrected chi connectivity index (χ1v) is 13.4. The number of fused-ring (bicyclic) bond motifs is 5. The molecule has 0 aromatic carbocycles. The van der Waals surface area contributed by atoms with Crippen molar-refractivity contribution in [3.63, 3.8) is 0 Å². The first-order valence-electron chi connectivity index (χ1n) is 13.4. The van der Waals surface area contributed by atoms with Gasteiger partial charge in [0.1, 0.15) is 0 Å². The summed E-state index contributed by atoms with van der Waals surface area (Å²) in [4.78, 5) is 22.8. The molecule has 0 spiro atoms. The Labute approximate surface area is 198 Å². The van der Waals surface area contributed by atoms with Crippen LogP contribution in [0.5, 0.6) is 0 Å². The van der Waals surface area contributed by atoms with E-state index in [2.05, 4.69) is 26.1 Å². The summed E-state index contributed by atoms with van der Waals surface area (Å²) >= 11 is 0. The second kappa shape index (κ2) is 9.49. The number of amides is 1. The van der Waals surface area contributed by atoms with Crippen molar-refractivity contribution in [3.8, 4) is 0 Å². The van der Waals surface area contributed by atoms with Crippen molar-refractivity contribution in [2.45, 2.75) is 104 Å². The molecule has 4 saturated carbocycles. The van der Waals surface area contributed by atoms with Gasteiger partial charge in [0.25, 0.3) is 0 Å². The number of carbonyl (C=O) groups is 2. The molecule has 0 aromatic rings. The van der Waals surface area contributed by atoms with Gasteiger partial charge in [-0.15, -0.1) is 0 Å². The normalized spacial score (nSPS) is 45.4. The molecule has 1 amide bonds. The van der Waals surface area contributed by atoms with Crippen LogP contribution in [0.25, 0.3) is 0 Å². The Morgan fingerprint density at radius 3 is 2.39 bits per heavy atom. The summed E-state index contributed by atoms with van der Waals surface area (Å²) in [5, 5.41) is 33.1. The SMILES string of the molecule is C[C@H](CCC(=O)NCCC(=O)O)[C@H]1CC[C@H]2[C@@H]3[C@@H](O)C[C@@H]4C[C@H](O)CC[C@]4(C)[C@H]3CC[C@]12C.